The molecule has 126 valence electrons. The van der Waals surface area contributed by atoms with Crippen molar-refractivity contribution in [2.45, 2.75) is 6.92 Å². The number of thiazole rings is 2. The van der Waals surface area contributed by atoms with Crippen LogP contribution in [0.4, 0.5) is 0 Å². The molecule has 1 N–H and O–H groups in total. The molecule has 0 amide bonds. The van der Waals surface area contributed by atoms with Gasteiger partial charge in [0.15, 0.2) is 5.01 Å². The van der Waals surface area contributed by atoms with E-state index in [-0.39, 0.29) is 5.56 Å². The van der Waals surface area contributed by atoms with E-state index in [1.54, 1.807) is 29.7 Å². The highest BCUT2D eigenvalue weighted by atomic mass is 32.1. The summed E-state index contributed by atoms with van der Waals surface area (Å²) in [7, 11) is 0. The van der Waals surface area contributed by atoms with Crippen LogP contribution < -0.4 is 0 Å². The lowest BCUT2D eigenvalue weighted by molar-refractivity contribution is 0.0697. The van der Waals surface area contributed by atoms with Crippen molar-refractivity contribution in [3.8, 4) is 23.0 Å². The number of aryl methyl sites for hydroxylation is 1. The summed E-state index contributed by atoms with van der Waals surface area (Å²) in [5.41, 5.74) is 3.15. The number of hydrogen-bond donors (Lipinski definition) is 1. The van der Waals surface area contributed by atoms with Crippen LogP contribution in [0.25, 0.3) is 21.3 Å². The maximum Gasteiger partial charge on any atom is 0.336 e. The van der Waals surface area contributed by atoms with E-state index in [4.69, 9.17) is 0 Å². The third kappa shape index (κ3) is 3.10. The molecule has 0 saturated heterocycles. The zero-order valence-electron chi connectivity index (χ0n) is 13.7. The smallest absolute Gasteiger partial charge is 0.336 e. The highest BCUT2D eigenvalue weighted by Crippen LogP contribution is 2.32. The number of carboxylic acids is 1. The Kier molecular flexibility index (Phi) is 4.25. The van der Waals surface area contributed by atoms with E-state index in [0.717, 1.165) is 20.8 Å². The molecule has 0 bridgehead atoms. The third-order valence-corrected chi connectivity index (χ3v) is 5.45. The fourth-order valence-corrected chi connectivity index (χ4v) is 4.04. The minimum absolute atomic E-state index is 0.224. The number of aromatic carboxylic acids is 1. The molecule has 0 unspecified atom stereocenters. The molecule has 4 nitrogen and oxygen atoms in total. The highest BCUT2D eigenvalue weighted by Gasteiger charge is 2.16. The van der Waals surface area contributed by atoms with Crippen LogP contribution in [0, 0.1) is 18.8 Å². The minimum atomic E-state index is -0.979. The summed E-state index contributed by atoms with van der Waals surface area (Å²) < 4.78 is 1.08. The molecule has 0 aliphatic heterocycles. The Labute approximate surface area is 157 Å². The average Bonchev–Trinajstić information content (AvgIpc) is 3.27. The number of carboxylic acid groups (broad SMARTS) is 1. The summed E-state index contributed by atoms with van der Waals surface area (Å²) in [6.45, 7) is 1.96. The van der Waals surface area contributed by atoms with Gasteiger partial charge in [0.2, 0.25) is 0 Å². The standard InChI is InChI=1S/C20H12N2O2S2/c1-12-22-16-11-14(5-7-17(16)26-12)19-13(3-2-4-15(19)20(23)24)6-8-18-21-9-10-25-18/h2-5,7,9-11H,1H3,(H,23,24). The fourth-order valence-electron chi connectivity index (χ4n) is 2.75. The normalized spacial score (nSPS) is 10.5. The molecule has 4 rings (SSSR count). The molecule has 0 aliphatic carbocycles. The number of rotatable bonds is 2. The van der Waals surface area contributed by atoms with Gasteiger partial charge >= 0.3 is 5.97 Å². The maximum atomic E-state index is 11.8. The number of aromatic nitrogens is 2. The number of fused-ring (bicyclic) bond motifs is 1. The van der Waals surface area contributed by atoms with Gasteiger partial charge < -0.3 is 5.11 Å². The number of nitrogens with zero attached hydrogens (tertiary/aromatic N) is 2. The second-order valence-electron chi connectivity index (χ2n) is 5.54. The highest BCUT2D eigenvalue weighted by molar-refractivity contribution is 7.18. The summed E-state index contributed by atoms with van der Waals surface area (Å²) in [5, 5.41) is 13.2. The zero-order valence-corrected chi connectivity index (χ0v) is 15.3. The van der Waals surface area contributed by atoms with Gasteiger partial charge in [-0.05, 0) is 42.7 Å². The van der Waals surface area contributed by atoms with Gasteiger partial charge in [-0.25, -0.2) is 14.8 Å². The van der Waals surface area contributed by atoms with Gasteiger partial charge in [-0.3, -0.25) is 0 Å². The van der Waals surface area contributed by atoms with Crippen LogP contribution in [0.5, 0.6) is 0 Å². The second kappa shape index (κ2) is 6.71. The van der Waals surface area contributed by atoms with Crippen molar-refractivity contribution in [1.82, 2.24) is 9.97 Å². The lowest BCUT2D eigenvalue weighted by Gasteiger charge is -2.09. The fraction of sp³-hybridized carbons (Fsp3) is 0.0500. The van der Waals surface area contributed by atoms with E-state index in [1.165, 1.54) is 11.3 Å². The molecular formula is C20H12N2O2S2. The minimum Gasteiger partial charge on any atom is -0.478 e. The molecule has 0 aliphatic rings. The van der Waals surface area contributed by atoms with Gasteiger partial charge in [-0.15, -0.1) is 22.7 Å². The lowest BCUT2D eigenvalue weighted by atomic mass is 9.94. The number of benzene rings is 2. The first-order valence-corrected chi connectivity index (χ1v) is 9.47. The van der Waals surface area contributed by atoms with Gasteiger partial charge in [-0.2, -0.15) is 0 Å². The van der Waals surface area contributed by atoms with E-state index in [0.29, 0.717) is 16.1 Å². The monoisotopic (exact) mass is 376 g/mol. The second-order valence-corrected chi connectivity index (χ2v) is 7.67. The van der Waals surface area contributed by atoms with Gasteiger partial charge in [0.05, 0.1) is 20.8 Å². The molecule has 0 fully saturated rings. The van der Waals surface area contributed by atoms with Crippen molar-refractivity contribution in [3.05, 3.63) is 69.1 Å². The summed E-state index contributed by atoms with van der Waals surface area (Å²) in [4.78, 5) is 20.4. The van der Waals surface area contributed by atoms with Crippen molar-refractivity contribution < 1.29 is 9.90 Å². The topological polar surface area (TPSA) is 63.1 Å². The van der Waals surface area contributed by atoms with Gasteiger partial charge in [-0.1, -0.05) is 18.1 Å². The van der Waals surface area contributed by atoms with Crippen LogP contribution in [0.15, 0.2) is 48.0 Å². The largest absolute Gasteiger partial charge is 0.478 e. The molecule has 26 heavy (non-hydrogen) atoms. The Morgan fingerprint density at radius 2 is 2.08 bits per heavy atom. The van der Waals surface area contributed by atoms with Gasteiger partial charge in [0, 0.05) is 22.7 Å². The van der Waals surface area contributed by atoms with Crippen molar-refractivity contribution in [2.75, 3.05) is 0 Å². The maximum absolute atomic E-state index is 11.8. The molecule has 0 saturated carbocycles. The summed E-state index contributed by atoms with van der Waals surface area (Å²) in [6, 6.07) is 11.0. The first kappa shape index (κ1) is 16.5. The average molecular weight is 376 g/mol. The molecule has 6 heteroatoms. The first-order chi connectivity index (χ1) is 12.6. The Morgan fingerprint density at radius 3 is 2.85 bits per heavy atom. The van der Waals surface area contributed by atoms with Crippen LogP contribution in [-0.2, 0) is 0 Å². The van der Waals surface area contributed by atoms with E-state index in [9.17, 15) is 9.90 Å². The lowest BCUT2D eigenvalue weighted by Crippen LogP contribution is -2.01. The first-order valence-electron chi connectivity index (χ1n) is 7.77. The Morgan fingerprint density at radius 1 is 1.19 bits per heavy atom. The number of hydrogen-bond acceptors (Lipinski definition) is 5. The molecule has 0 spiro atoms. The van der Waals surface area contributed by atoms with Crippen molar-refractivity contribution in [1.29, 1.82) is 0 Å². The number of carbonyl (C=O) groups is 1. The van der Waals surface area contributed by atoms with Gasteiger partial charge in [0.1, 0.15) is 0 Å². The Bertz CT molecular complexity index is 1180. The third-order valence-electron chi connectivity index (χ3n) is 3.81. The molecule has 0 radical (unpaired) electrons. The molecule has 2 heterocycles. The van der Waals surface area contributed by atoms with E-state index in [1.807, 2.05) is 36.6 Å². The van der Waals surface area contributed by atoms with Crippen LogP contribution in [-0.4, -0.2) is 21.0 Å². The van der Waals surface area contributed by atoms with E-state index < -0.39 is 5.97 Å². The quantitative estimate of drug-likeness (QED) is 0.509. The summed E-state index contributed by atoms with van der Waals surface area (Å²) in [6.07, 6.45) is 1.70. The Balaban J connectivity index is 1.93. The SMILES string of the molecule is Cc1nc2cc(-c3c(C#Cc4nccs4)cccc3C(=O)O)ccc2s1. The van der Waals surface area contributed by atoms with Crippen LogP contribution in [0.3, 0.4) is 0 Å². The van der Waals surface area contributed by atoms with Gasteiger partial charge in [0.25, 0.3) is 0 Å². The Hall–Kier alpha value is -3.01. The molecule has 2 aromatic carbocycles. The summed E-state index contributed by atoms with van der Waals surface area (Å²) >= 11 is 3.07. The summed E-state index contributed by atoms with van der Waals surface area (Å²) in [5.74, 6) is 5.11. The zero-order chi connectivity index (χ0) is 18.1. The van der Waals surface area contributed by atoms with Crippen molar-refractivity contribution in [2.24, 2.45) is 0 Å². The molecular weight excluding hydrogens is 364 g/mol. The molecule has 2 aromatic heterocycles. The van der Waals surface area contributed by atoms with Crippen LogP contribution in [0.2, 0.25) is 0 Å². The van der Waals surface area contributed by atoms with Crippen LogP contribution >= 0.6 is 22.7 Å². The predicted octanol–water partition coefficient (Wildman–Crippen LogP) is 4.83. The van der Waals surface area contributed by atoms with Crippen molar-refractivity contribution >= 4 is 38.9 Å². The van der Waals surface area contributed by atoms with E-state index in [2.05, 4.69) is 21.8 Å². The molecule has 4 aromatic rings. The molecule has 0 atom stereocenters. The van der Waals surface area contributed by atoms with E-state index >= 15 is 0 Å². The van der Waals surface area contributed by atoms with Crippen molar-refractivity contribution in [3.63, 3.8) is 0 Å². The van der Waals surface area contributed by atoms with Crippen LogP contribution in [0.1, 0.15) is 25.9 Å². The predicted molar refractivity (Wildman–Crippen MR) is 105 cm³/mol.